The highest BCUT2D eigenvalue weighted by Gasteiger charge is 2.46. The van der Waals surface area contributed by atoms with E-state index in [-0.39, 0.29) is 36.7 Å². The van der Waals surface area contributed by atoms with Crippen molar-refractivity contribution < 1.29 is 37.1 Å². The van der Waals surface area contributed by atoms with Crippen LogP contribution in [0.2, 0.25) is 0 Å². The predicted molar refractivity (Wildman–Crippen MR) is 185 cm³/mol. The molecule has 5 N–H and O–H groups in total. The fourth-order valence-electron chi connectivity index (χ4n) is 6.20. The third-order valence-electron chi connectivity index (χ3n) is 8.56. The fraction of sp³-hybridized carbons (Fsp3) is 0.618. The molecule has 1 saturated carbocycles. The number of Topliss-reactive ketones (excluding diaryl/α,β-unsaturated/α-hetero) is 1. The number of hydrogen-bond acceptors (Lipinski definition) is 9. The largest absolute Gasteiger partial charge is 0.444 e. The van der Waals surface area contributed by atoms with Crippen LogP contribution in [-0.2, 0) is 33.9 Å². The molecule has 0 aromatic heterocycles. The van der Waals surface area contributed by atoms with Crippen molar-refractivity contribution in [3.8, 4) is 0 Å². The Hall–Kier alpha value is -3.98. The molecule has 1 aliphatic carbocycles. The topological polar surface area (TPSA) is 192 Å². The third-order valence-corrected chi connectivity index (χ3v) is 10.1. The number of likely N-dealkylation sites (tertiary alicyclic amines) is 1. The summed E-state index contributed by atoms with van der Waals surface area (Å²) in [5.74, 6) is -3.23. The summed E-state index contributed by atoms with van der Waals surface area (Å²) in [5.41, 5.74) is -0.109. The number of benzene rings is 1. The molecule has 0 bridgehead atoms. The minimum Gasteiger partial charge on any atom is -0.444 e. The van der Waals surface area contributed by atoms with E-state index < -0.39 is 69.4 Å². The monoisotopic (exact) mass is 704 g/mol. The Balaban J connectivity index is 1.95. The van der Waals surface area contributed by atoms with Crippen molar-refractivity contribution in [3.63, 3.8) is 0 Å². The van der Waals surface area contributed by atoms with E-state index in [1.165, 1.54) is 23.1 Å². The SMILES string of the molecule is C=CCNC(=O)C(=O)C(CCC)NC(=O)[C@@H]1CC(NS(=O)(=O)c2ccc(NC)cc2)CN1C(=O)[C@@H](NC(=O)OC(C)(C)C)C1CCCCC1. The van der Waals surface area contributed by atoms with Gasteiger partial charge in [-0.05, 0) is 76.6 Å². The van der Waals surface area contributed by atoms with Crippen LogP contribution in [0.15, 0.2) is 41.8 Å². The van der Waals surface area contributed by atoms with Gasteiger partial charge in [0, 0.05) is 31.9 Å². The molecule has 49 heavy (non-hydrogen) atoms. The molecule has 14 nitrogen and oxygen atoms in total. The summed E-state index contributed by atoms with van der Waals surface area (Å²) < 4.78 is 34.9. The number of anilines is 1. The van der Waals surface area contributed by atoms with Gasteiger partial charge in [0.25, 0.3) is 5.91 Å². The Labute approximate surface area is 289 Å². The van der Waals surface area contributed by atoms with Crippen LogP contribution in [0.25, 0.3) is 0 Å². The number of nitrogens with zero attached hydrogens (tertiary/aromatic N) is 1. The number of ketones is 1. The Bertz CT molecular complexity index is 1450. The van der Waals surface area contributed by atoms with Gasteiger partial charge in [0.1, 0.15) is 17.7 Å². The zero-order valence-electron chi connectivity index (χ0n) is 29.2. The van der Waals surface area contributed by atoms with Crippen molar-refractivity contribution in [2.45, 2.75) is 114 Å². The van der Waals surface area contributed by atoms with Crippen molar-refractivity contribution >= 4 is 45.3 Å². The molecule has 0 radical (unpaired) electrons. The number of carbonyl (C=O) groups is 5. The number of alkyl carbamates (subject to hydrolysis) is 1. The van der Waals surface area contributed by atoms with E-state index in [1.54, 1.807) is 46.9 Å². The van der Waals surface area contributed by atoms with Gasteiger partial charge in [-0.2, -0.15) is 0 Å². The molecule has 272 valence electrons. The van der Waals surface area contributed by atoms with Gasteiger partial charge >= 0.3 is 6.09 Å². The molecule has 0 spiro atoms. The van der Waals surface area contributed by atoms with Crippen molar-refractivity contribution in [2.24, 2.45) is 5.92 Å². The molecular weight excluding hydrogens is 652 g/mol. The highest BCUT2D eigenvalue weighted by Crippen LogP contribution is 2.30. The van der Waals surface area contributed by atoms with Crippen molar-refractivity contribution in [2.75, 3.05) is 25.5 Å². The summed E-state index contributed by atoms with van der Waals surface area (Å²) in [5, 5.41) is 10.8. The number of ether oxygens (including phenoxy) is 1. The van der Waals surface area contributed by atoms with Crippen molar-refractivity contribution in [1.82, 2.24) is 25.6 Å². The minimum absolute atomic E-state index is 0.00287. The summed E-state index contributed by atoms with van der Waals surface area (Å²) in [6.07, 6.45) is 5.22. The van der Waals surface area contributed by atoms with Crippen molar-refractivity contribution in [1.29, 1.82) is 0 Å². The molecule has 3 rings (SSSR count). The normalized spacial score (nSPS) is 19.7. The average Bonchev–Trinajstić information content (AvgIpc) is 3.48. The molecule has 15 heteroatoms. The molecule has 1 aromatic carbocycles. The molecule has 4 amide bonds. The van der Waals surface area contributed by atoms with E-state index in [9.17, 15) is 32.4 Å². The molecular formula is C34H52N6O8S. The lowest BCUT2D eigenvalue weighted by Gasteiger charge is -2.35. The summed E-state index contributed by atoms with van der Waals surface area (Å²) in [4.78, 5) is 68.1. The van der Waals surface area contributed by atoms with Gasteiger partial charge in [-0.1, -0.05) is 38.7 Å². The van der Waals surface area contributed by atoms with E-state index in [0.29, 0.717) is 24.9 Å². The summed E-state index contributed by atoms with van der Waals surface area (Å²) in [6, 6.07) is 1.82. The quantitative estimate of drug-likeness (QED) is 0.135. The second kappa shape index (κ2) is 17.6. The maximum absolute atomic E-state index is 14.4. The number of amides is 4. The lowest BCUT2D eigenvalue weighted by molar-refractivity contribution is -0.143. The first kappa shape index (κ1) is 39.5. The van der Waals surface area contributed by atoms with Crippen LogP contribution in [0.1, 0.15) is 79.1 Å². The minimum atomic E-state index is -4.06. The Kier molecular flexibility index (Phi) is 14.2. The van der Waals surface area contributed by atoms with Crippen LogP contribution in [0.5, 0.6) is 0 Å². The average molecular weight is 705 g/mol. The van der Waals surface area contributed by atoms with Crippen LogP contribution in [0.3, 0.4) is 0 Å². The van der Waals surface area contributed by atoms with Crippen LogP contribution in [-0.4, -0.2) is 92.8 Å². The Morgan fingerprint density at radius 3 is 2.27 bits per heavy atom. The molecule has 1 aliphatic heterocycles. The first-order valence-corrected chi connectivity index (χ1v) is 18.4. The van der Waals surface area contributed by atoms with Gasteiger partial charge in [-0.15, -0.1) is 6.58 Å². The van der Waals surface area contributed by atoms with E-state index in [4.69, 9.17) is 4.74 Å². The number of rotatable bonds is 15. The predicted octanol–water partition coefficient (Wildman–Crippen LogP) is 2.61. The van der Waals surface area contributed by atoms with E-state index in [0.717, 1.165) is 19.3 Å². The number of hydrogen-bond donors (Lipinski definition) is 5. The molecule has 4 atom stereocenters. The molecule has 1 aromatic rings. The number of carbonyl (C=O) groups excluding carboxylic acids is 5. The number of sulfonamides is 1. The fourth-order valence-corrected chi connectivity index (χ4v) is 7.44. The van der Waals surface area contributed by atoms with Gasteiger partial charge in [-0.25, -0.2) is 17.9 Å². The van der Waals surface area contributed by atoms with Crippen LogP contribution in [0, 0.1) is 5.92 Å². The second-order valence-electron chi connectivity index (χ2n) is 13.6. The first-order valence-electron chi connectivity index (χ1n) is 16.9. The van der Waals surface area contributed by atoms with Crippen LogP contribution >= 0.6 is 0 Å². The molecule has 1 saturated heterocycles. The highest BCUT2D eigenvalue weighted by atomic mass is 32.2. The van der Waals surface area contributed by atoms with E-state index in [2.05, 4.69) is 32.6 Å². The van der Waals surface area contributed by atoms with E-state index in [1.807, 2.05) is 0 Å². The Morgan fingerprint density at radius 2 is 1.69 bits per heavy atom. The lowest BCUT2D eigenvalue weighted by Crippen LogP contribution is -2.58. The first-order chi connectivity index (χ1) is 23.1. The lowest BCUT2D eigenvalue weighted by atomic mass is 9.83. The standard InChI is InChI=1S/C34H52N6O8S/c1-7-12-26(29(41)31(43)36-19-8-2)37-30(42)27-20-24(39-49(46,47)25-17-15-23(35-6)16-18-25)21-40(27)32(44)28(22-13-10-9-11-14-22)38-33(45)48-34(3,4)5/h8,15-18,22,24,26-28,35,39H,2,7,9-14,19-21H2,1,3-6H3,(H,36,43)(H,37,42)(H,38,45)/t24?,26?,27-,28-/m0/s1. The Morgan fingerprint density at radius 1 is 1.04 bits per heavy atom. The smallest absolute Gasteiger partial charge is 0.408 e. The molecule has 2 aliphatic rings. The maximum Gasteiger partial charge on any atom is 0.408 e. The summed E-state index contributed by atoms with van der Waals surface area (Å²) >= 11 is 0. The number of nitrogens with one attached hydrogen (secondary N) is 5. The summed E-state index contributed by atoms with van der Waals surface area (Å²) in [7, 11) is -2.35. The van der Waals surface area contributed by atoms with Gasteiger partial charge in [0.05, 0.1) is 10.9 Å². The van der Waals surface area contributed by atoms with Gasteiger partial charge in [0.15, 0.2) is 0 Å². The van der Waals surface area contributed by atoms with E-state index >= 15 is 0 Å². The van der Waals surface area contributed by atoms with Gasteiger partial charge in [-0.3, -0.25) is 19.2 Å². The zero-order chi connectivity index (χ0) is 36.4. The highest BCUT2D eigenvalue weighted by molar-refractivity contribution is 7.89. The van der Waals surface area contributed by atoms with Crippen LogP contribution < -0.4 is 26.0 Å². The summed E-state index contributed by atoms with van der Waals surface area (Å²) in [6.45, 7) is 10.3. The van der Waals surface area contributed by atoms with Crippen molar-refractivity contribution in [3.05, 3.63) is 36.9 Å². The molecule has 1 heterocycles. The maximum atomic E-state index is 14.4. The third kappa shape index (κ3) is 11.3. The molecule has 2 unspecified atom stereocenters. The molecule has 2 fully saturated rings. The van der Waals surface area contributed by atoms with Crippen LogP contribution in [0.4, 0.5) is 10.5 Å². The van der Waals surface area contributed by atoms with Gasteiger partial charge < -0.3 is 30.9 Å². The zero-order valence-corrected chi connectivity index (χ0v) is 30.0. The second-order valence-corrected chi connectivity index (χ2v) is 15.3. The van der Waals surface area contributed by atoms with Gasteiger partial charge in [0.2, 0.25) is 27.6 Å².